The Kier molecular flexibility index (Phi) is 2.94. The van der Waals surface area contributed by atoms with Gasteiger partial charge in [-0.2, -0.15) is 0 Å². The van der Waals surface area contributed by atoms with Crippen LogP contribution in [0.4, 0.5) is 0 Å². The third-order valence-corrected chi connectivity index (χ3v) is 2.15. The average Bonchev–Trinajstić information content (AvgIpc) is 2.23. The summed E-state index contributed by atoms with van der Waals surface area (Å²) < 4.78 is 9.98. The summed E-state index contributed by atoms with van der Waals surface area (Å²) in [5.74, 6) is -0.410. The lowest BCUT2D eigenvalue weighted by molar-refractivity contribution is -0.103. The maximum Gasteiger partial charge on any atom is 0.357 e. The number of hydrogen-bond donors (Lipinski definition) is 1. The molecule has 0 radical (unpaired) electrons. The van der Waals surface area contributed by atoms with Gasteiger partial charge in [0, 0.05) is 12.7 Å². The molecule has 1 aliphatic heterocycles. The predicted molar refractivity (Wildman–Crippen MR) is 52.2 cm³/mol. The zero-order valence-electron chi connectivity index (χ0n) is 8.18. The number of hydrogen-bond acceptors (Lipinski definition) is 5. The molecule has 0 saturated carbocycles. The number of nitrogens with two attached hydrogens (primary N) is 1. The Morgan fingerprint density at radius 1 is 1.60 bits per heavy atom. The van der Waals surface area contributed by atoms with Gasteiger partial charge in [-0.1, -0.05) is 6.07 Å². The van der Waals surface area contributed by atoms with Gasteiger partial charge in [0.25, 0.3) is 0 Å². The number of carbonyl (C=O) groups excluding carboxylic acids is 1. The zero-order valence-corrected chi connectivity index (χ0v) is 8.18. The molecule has 1 aliphatic rings. The maximum absolute atomic E-state index is 11.5. The molecule has 0 atom stereocenters. The summed E-state index contributed by atoms with van der Waals surface area (Å²) in [5, 5.41) is 0. The first-order valence-corrected chi connectivity index (χ1v) is 4.73. The molecule has 0 aromatic carbocycles. The molecule has 2 heterocycles. The Labute approximate surface area is 87.2 Å². The Balaban J connectivity index is 1.98. The number of pyridine rings is 1. The lowest BCUT2D eigenvalue weighted by Crippen LogP contribution is -2.37. The van der Waals surface area contributed by atoms with E-state index in [1.165, 1.54) is 0 Å². The van der Waals surface area contributed by atoms with Crippen LogP contribution >= 0.6 is 0 Å². The molecule has 80 valence electrons. The molecule has 1 fully saturated rings. The van der Waals surface area contributed by atoms with Crippen molar-refractivity contribution in [3.63, 3.8) is 0 Å². The third kappa shape index (κ3) is 2.31. The van der Waals surface area contributed by atoms with Crippen LogP contribution < -0.4 is 5.73 Å². The molecule has 1 aromatic rings. The molecular formula is C10H12N2O3. The monoisotopic (exact) mass is 208 g/mol. The van der Waals surface area contributed by atoms with Crippen LogP contribution in [0.5, 0.6) is 0 Å². The van der Waals surface area contributed by atoms with E-state index in [1.54, 1.807) is 18.3 Å². The SMILES string of the molecule is NCc1ccc(C(=O)OC2COC2)nc1. The molecular weight excluding hydrogens is 196 g/mol. The van der Waals surface area contributed by atoms with Gasteiger partial charge in [0.15, 0.2) is 0 Å². The molecule has 1 aromatic heterocycles. The van der Waals surface area contributed by atoms with E-state index in [9.17, 15) is 4.79 Å². The fourth-order valence-electron chi connectivity index (χ4n) is 1.16. The van der Waals surface area contributed by atoms with E-state index in [1.807, 2.05) is 0 Å². The van der Waals surface area contributed by atoms with E-state index in [2.05, 4.69) is 4.98 Å². The van der Waals surface area contributed by atoms with Crippen molar-refractivity contribution < 1.29 is 14.3 Å². The third-order valence-electron chi connectivity index (χ3n) is 2.15. The number of ether oxygens (including phenoxy) is 2. The molecule has 2 rings (SSSR count). The summed E-state index contributed by atoms with van der Waals surface area (Å²) in [5.41, 5.74) is 6.61. The lowest BCUT2D eigenvalue weighted by atomic mass is 10.2. The number of esters is 1. The molecule has 5 heteroatoms. The van der Waals surface area contributed by atoms with Crippen molar-refractivity contribution in [2.75, 3.05) is 13.2 Å². The minimum atomic E-state index is -0.410. The van der Waals surface area contributed by atoms with Crippen LogP contribution in [-0.2, 0) is 16.0 Å². The molecule has 0 aliphatic carbocycles. The molecule has 2 N–H and O–H groups in total. The molecule has 1 saturated heterocycles. The summed E-state index contributed by atoms with van der Waals surface area (Å²) in [4.78, 5) is 15.4. The van der Waals surface area contributed by atoms with Crippen LogP contribution in [0, 0.1) is 0 Å². The Hall–Kier alpha value is -1.46. The van der Waals surface area contributed by atoms with E-state index in [0.717, 1.165) is 5.56 Å². The highest BCUT2D eigenvalue weighted by Gasteiger charge is 2.23. The van der Waals surface area contributed by atoms with Gasteiger partial charge in [0.1, 0.15) is 11.8 Å². The molecule has 0 unspecified atom stereocenters. The molecule has 5 nitrogen and oxygen atoms in total. The van der Waals surface area contributed by atoms with Crippen molar-refractivity contribution in [3.8, 4) is 0 Å². The van der Waals surface area contributed by atoms with Crippen LogP contribution in [0.15, 0.2) is 18.3 Å². The second-order valence-electron chi connectivity index (χ2n) is 3.32. The maximum atomic E-state index is 11.5. The van der Waals surface area contributed by atoms with Crippen LogP contribution in [0.25, 0.3) is 0 Å². The number of aromatic nitrogens is 1. The van der Waals surface area contributed by atoms with E-state index >= 15 is 0 Å². The molecule has 0 spiro atoms. The number of carbonyl (C=O) groups is 1. The smallest absolute Gasteiger partial charge is 0.357 e. The first kappa shape index (κ1) is 10.1. The Morgan fingerprint density at radius 3 is 2.87 bits per heavy atom. The van der Waals surface area contributed by atoms with Crippen molar-refractivity contribution in [2.24, 2.45) is 5.73 Å². The summed E-state index contributed by atoms with van der Waals surface area (Å²) in [7, 11) is 0. The summed E-state index contributed by atoms with van der Waals surface area (Å²) >= 11 is 0. The summed E-state index contributed by atoms with van der Waals surface area (Å²) in [6.45, 7) is 1.37. The lowest BCUT2D eigenvalue weighted by Gasteiger charge is -2.25. The standard InChI is InChI=1S/C10H12N2O3/c11-3-7-1-2-9(12-4-7)10(13)15-8-5-14-6-8/h1-2,4,8H,3,5-6,11H2. The van der Waals surface area contributed by atoms with Gasteiger partial charge in [-0.25, -0.2) is 9.78 Å². The van der Waals surface area contributed by atoms with Gasteiger partial charge in [0.2, 0.25) is 0 Å². The van der Waals surface area contributed by atoms with Gasteiger partial charge < -0.3 is 15.2 Å². The first-order chi connectivity index (χ1) is 7.29. The van der Waals surface area contributed by atoms with E-state index in [-0.39, 0.29) is 6.10 Å². The molecule has 0 amide bonds. The van der Waals surface area contributed by atoms with E-state index in [4.69, 9.17) is 15.2 Å². The first-order valence-electron chi connectivity index (χ1n) is 4.73. The minimum Gasteiger partial charge on any atom is -0.453 e. The van der Waals surface area contributed by atoms with Crippen LogP contribution in [-0.4, -0.2) is 30.3 Å². The van der Waals surface area contributed by atoms with Crippen LogP contribution in [0.3, 0.4) is 0 Å². The highest BCUT2D eigenvalue weighted by molar-refractivity contribution is 5.87. The molecule has 0 bridgehead atoms. The van der Waals surface area contributed by atoms with Crippen molar-refractivity contribution in [1.29, 1.82) is 0 Å². The van der Waals surface area contributed by atoms with Gasteiger partial charge >= 0.3 is 5.97 Å². The van der Waals surface area contributed by atoms with Crippen molar-refractivity contribution in [3.05, 3.63) is 29.6 Å². The second kappa shape index (κ2) is 4.37. The van der Waals surface area contributed by atoms with E-state index in [0.29, 0.717) is 25.5 Å². The molecule has 15 heavy (non-hydrogen) atoms. The van der Waals surface area contributed by atoms with Gasteiger partial charge in [-0.15, -0.1) is 0 Å². The quantitative estimate of drug-likeness (QED) is 0.713. The van der Waals surface area contributed by atoms with Gasteiger partial charge in [0.05, 0.1) is 13.2 Å². The average molecular weight is 208 g/mol. The predicted octanol–water partition coefficient (Wildman–Crippen LogP) is 0.0959. The zero-order chi connectivity index (χ0) is 10.7. The Bertz CT molecular complexity index is 346. The summed E-state index contributed by atoms with van der Waals surface area (Å²) in [6.07, 6.45) is 1.46. The summed E-state index contributed by atoms with van der Waals surface area (Å²) in [6, 6.07) is 3.38. The number of rotatable bonds is 3. The fourth-order valence-corrected chi connectivity index (χ4v) is 1.16. The topological polar surface area (TPSA) is 74.4 Å². The van der Waals surface area contributed by atoms with Crippen LogP contribution in [0.1, 0.15) is 16.1 Å². The fraction of sp³-hybridized carbons (Fsp3) is 0.400. The van der Waals surface area contributed by atoms with Crippen LogP contribution in [0.2, 0.25) is 0 Å². The van der Waals surface area contributed by atoms with Crippen molar-refractivity contribution in [1.82, 2.24) is 4.98 Å². The minimum absolute atomic E-state index is 0.117. The normalized spacial score (nSPS) is 15.8. The van der Waals surface area contributed by atoms with E-state index < -0.39 is 5.97 Å². The van der Waals surface area contributed by atoms with Crippen molar-refractivity contribution in [2.45, 2.75) is 12.6 Å². The van der Waals surface area contributed by atoms with Gasteiger partial charge in [-0.3, -0.25) is 0 Å². The highest BCUT2D eigenvalue weighted by atomic mass is 16.6. The van der Waals surface area contributed by atoms with Crippen molar-refractivity contribution >= 4 is 5.97 Å². The van der Waals surface area contributed by atoms with Gasteiger partial charge in [-0.05, 0) is 11.6 Å². The largest absolute Gasteiger partial charge is 0.453 e. The highest BCUT2D eigenvalue weighted by Crippen LogP contribution is 2.09. The number of nitrogens with zero attached hydrogens (tertiary/aromatic N) is 1. The Morgan fingerprint density at radius 2 is 2.40 bits per heavy atom. The second-order valence-corrected chi connectivity index (χ2v) is 3.32.